The molecular formula is C12H18N2O3S. The first-order chi connectivity index (χ1) is 8.33. The van der Waals surface area contributed by atoms with Crippen molar-refractivity contribution in [3.63, 3.8) is 0 Å². The summed E-state index contributed by atoms with van der Waals surface area (Å²) in [5, 5.41) is 2.59. The van der Waals surface area contributed by atoms with Gasteiger partial charge in [0.1, 0.15) is 5.75 Å². The smallest absolute Gasteiger partial charge is 0.235 e. The van der Waals surface area contributed by atoms with Crippen LogP contribution in [0.25, 0.3) is 0 Å². The summed E-state index contributed by atoms with van der Waals surface area (Å²) in [5.41, 5.74) is 0. The minimum atomic E-state index is -3.65. The van der Waals surface area contributed by atoms with Gasteiger partial charge in [0, 0.05) is 12.2 Å². The molecule has 0 aliphatic rings. The first-order valence-corrected chi connectivity index (χ1v) is 7.41. The number of hydrogen-bond donors (Lipinski definition) is 1. The molecule has 0 saturated carbocycles. The zero-order chi connectivity index (χ0) is 13.8. The highest BCUT2D eigenvalue weighted by atomic mass is 32.2. The van der Waals surface area contributed by atoms with Crippen molar-refractivity contribution >= 4 is 15.7 Å². The van der Waals surface area contributed by atoms with E-state index in [9.17, 15) is 13.2 Å². The first kappa shape index (κ1) is 14.6. The Hall–Kier alpha value is -1.43. The van der Waals surface area contributed by atoms with E-state index in [1.54, 1.807) is 12.1 Å². The second-order valence-electron chi connectivity index (χ2n) is 4.53. The van der Waals surface area contributed by atoms with Crippen LogP contribution < -0.4 is 5.32 Å². The normalized spacial score (nSPS) is 13.3. The summed E-state index contributed by atoms with van der Waals surface area (Å²) in [7, 11) is -3.65. The maximum absolute atomic E-state index is 11.9. The van der Waals surface area contributed by atoms with E-state index >= 15 is 0 Å². The Kier molecular flexibility index (Phi) is 4.84. The predicted octanol–water partition coefficient (Wildman–Crippen LogP) is 1.02. The average molecular weight is 270 g/mol. The standard InChI is InChI=1S/C12H18N2O3S/c1-9(2)10(3)14-11(15)8-18(16,17)12-6-4-5-7-13-12/h4-7,9-10H,8H2,1-3H3,(H,14,15)/t10-/m1/s1. The molecule has 6 heteroatoms. The molecule has 0 aromatic carbocycles. The number of nitrogens with one attached hydrogen (secondary N) is 1. The minimum Gasteiger partial charge on any atom is -0.353 e. The molecule has 1 atom stereocenters. The number of amides is 1. The van der Waals surface area contributed by atoms with Crippen molar-refractivity contribution < 1.29 is 13.2 Å². The molecule has 1 rings (SSSR count). The van der Waals surface area contributed by atoms with Gasteiger partial charge in [-0.05, 0) is 25.0 Å². The number of pyridine rings is 1. The van der Waals surface area contributed by atoms with Gasteiger partial charge in [-0.1, -0.05) is 19.9 Å². The van der Waals surface area contributed by atoms with Crippen molar-refractivity contribution in [1.82, 2.24) is 10.3 Å². The molecule has 0 fully saturated rings. The van der Waals surface area contributed by atoms with Gasteiger partial charge in [-0.3, -0.25) is 4.79 Å². The van der Waals surface area contributed by atoms with Crippen molar-refractivity contribution in [2.24, 2.45) is 5.92 Å². The molecule has 1 heterocycles. The monoisotopic (exact) mass is 270 g/mol. The maximum Gasteiger partial charge on any atom is 0.235 e. The van der Waals surface area contributed by atoms with Crippen LogP contribution in [0, 0.1) is 5.92 Å². The lowest BCUT2D eigenvalue weighted by Gasteiger charge is -2.17. The lowest BCUT2D eigenvalue weighted by Crippen LogP contribution is -2.39. The summed E-state index contributed by atoms with van der Waals surface area (Å²) in [6.45, 7) is 5.76. The molecule has 1 aromatic heterocycles. The van der Waals surface area contributed by atoms with Crippen molar-refractivity contribution in [1.29, 1.82) is 0 Å². The molecular weight excluding hydrogens is 252 g/mol. The number of sulfone groups is 1. The highest BCUT2D eigenvalue weighted by molar-refractivity contribution is 7.92. The fourth-order valence-corrected chi connectivity index (χ4v) is 2.32. The Morgan fingerprint density at radius 3 is 2.50 bits per heavy atom. The van der Waals surface area contributed by atoms with Gasteiger partial charge >= 0.3 is 0 Å². The van der Waals surface area contributed by atoms with Crippen LogP contribution in [0.4, 0.5) is 0 Å². The number of carbonyl (C=O) groups excluding carboxylic acids is 1. The minimum absolute atomic E-state index is 0.0589. The third-order valence-electron chi connectivity index (χ3n) is 2.67. The van der Waals surface area contributed by atoms with Crippen LogP contribution in [-0.4, -0.2) is 31.1 Å². The van der Waals surface area contributed by atoms with Crippen molar-refractivity contribution in [2.45, 2.75) is 31.8 Å². The number of aromatic nitrogens is 1. The van der Waals surface area contributed by atoms with Crippen molar-refractivity contribution in [3.8, 4) is 0 Å². The molecule has 1 N–H and O–H groups in total. The summed E-state index contributed by atoms with van der Waals surface area (Å²) in [6, 6.07) is 4.53. The fraction of sp³-hybridized carbons (Fsp3) is 0.500. The predicted molar refractivity (Wildman–Crippen MR) is 68.7 cm³/mol. The highest BCUT2D eigenvalue weighted by Gasteiger charge is 2.21. The zero-order valence-electron chi connectivity index (χ0n) is 10.8. The Labute approximate surface area is 108 Å². The van der Waals surface area contributed by atoms with Crippen LogP contribution >= 0.6 is 0 Å². The summed E-state index contributed by atoms with van der Waals surface area (Å²) in [5.74, 6) is -0.811. The molecule has 0 aliphatic heterocycles. The molecule has 5 nitrogen and oxygen atoms in total. The van der Waals surface area contributed by atoms with Gasteiger partial charge < -0.3 is 5.32 Å². The van der Waals surface area contributed by atoms with Gasteiger partial charge in [0.15, 0.2) is 5.03 Å². The van der Waals surface area contributed by atoms with Gasteiger partial charge in [0.25, 0.3) is 0 Å². The van der Waals surface area contributed by atoms with Crippen LogP contribution in [0.2, 0.25) is 0 Å². The van der Waals surface area contributed by atoms with Crippen LogP contribution in [0.5, 0.6) is 0 Å². The number of hydrogen-bond acceptors (Lipinski definition) is 4. The summed E-state index contributed by atoms with van der Waals surface area (Å²) in [6.07, 6.45) is 1.39. The largest absolute Gasteiger partial charge is 0.353 e. The van der Waals surface area contributed by atoms with Crippen LogP contribution in [0.15, 0.2) is 29.4 Å². The van der Waals surface area contributed by atoms with Gasteiger partial charge in [-0.15, -0.1) is 0 Å². The Balaban J connectivity index is 2.70. The molecule has 1 amide bonds. The topological polar surface area (TPSA) is 76.1 Å². The van der Waals surface area contributed by atoms with Gasteiger partial charge in [-0.2, -0.15) is 0 Å². The second kappa shape index (κ2) is 5.95. The SMILES string of the molecule is CC(C)[C@@H](C)NC(=O)CS(=O)(=O)c1ccccn1. The van der Waals surface area contributed by atoms with E-state index in [2.05, 4.69) is 10.3 Å². The molecule has 0 saturated heterocycles. The Morgan fingerprint density at radius 2 is 2.00 bits per heavy atom. The summed E-state index contributed by atoms with van der Waals surface area (Å²) in [4.78, 5) is 15.4. The molecule has 18 heavy (non-hydrogen) atoms. The van der Waals surface area contributed by atoms with Gasteiger partial charge in [-0.25, -0.2) is 13.4 Å². The fourth-order valence-electron chi connectivity index (χ4n) is 1.24. The highest BCUT2D eigenvalue weighted by Crippen LogP contribution is 2.07. The van der Waals surface area contributed by atoms with Gasteiger partial charge in [0.05, 0.1) is 0 Å². The molecule has 0 radical (unpaired) electrons. The van der Waals surface area contributed by atoms with Gasteiger partial charge in [0.2, 0.25) is 15.7 Å². The van der Waals surface area contributed by atoms with E-state index in [0.29, 0.717) is 0 Å². The third kappa shape index (κ3) is 4.10. The lowest BCUT2D eigenvalue weighted by atomic mass is 10.1. The number of nitrogens with zero attached hydrogens (tertiary/aromatic N) is 1. The molecule has 0 bridgehead atoms. The average Bonchev–Trinajstić information content (AvgIpc) is 2.29. The van der Waals surface area contributed by atoms with Crippen LogP contribution in [0.3, 0.4) is 0 Å². The van der Waals surface area contributed by atoms with E-state index in [1.807, 2.05) is 20.8 Å². The van der Waals surface area contributed by atoms with Crippen LogP contribution in [-0.2, 0) is 14.6 Å². The Bertz CT molecular complexity index is 497. The second-order valence-corrected chi connectivity index (χ2v) is 6.46. The van der Waals surface area contributed by atoms with E-state index in [-0.39, 0.29) is 17.0 Å². The maximum atomic E-state index is 11.9. The molecule has 0 spiro atoms. The molecule has 0 aliphatic carbocycles. The summed E-state index contributed by atoms with van der Waals surface area (Å²) >= 11 is 0. The van der Waals surface area contributed by atoms with E-state index < -0.39 is 21.5 Å². The molecule has 1 aromatic rings. The van der Waals surface area contributed by atoms with Crippen molar-refractivity contribution in [3.05, 3.63) is 24.4 Å². The summed E-state index contributed by atoms with van der Waals surface area (Å²) < 4.78 is 23.7. The number of rotatable bonds is 5. The molecule has 0 unspecified atom stereocenters. The quantitative estimate of drug-likeness (QED) is 0.866. The van der Waals surface area contributed by atoms with E-state index in [4.69, 9.17) is 0 Å². The van der Waals surface area contributed by atoms with E-state index in [0.717, 1.165) is 0 Å². The van der Waals surface area contributed by atoms with Crippen LogP contribution in [0.1, 0.15) is 20.8 Å². The zero-order valence-corrected chi connectivity index (χ0v) is 11.6. The first-order valence-electron chi connectivity index (χ1n) is 5.76. The van der Waals surface area contributed by atoms with E-state index in [1.165, 1.54) is 12.3 Å². The lowest BCUT2D eigenvalue weighted by molar-refractivity contribution is -0.119. The Morgan fingerprint density at radius 1 is 1.33 bits per heavy atom. The third-order valence-corrected chi connectivity index (χ3v) is 4.19. The van der Waals surface area contributed by atoms with Crippen molar-refractivity contribution in [2.75, 3.05) is 5.75 Å². The number of carbonyl (C=O) groups is 1. The molecule has 100 valence electrons.